The van der Waals surface area contributed by atoms with E-state index in [1.807, 2.05) is 0 Å². The Morgan fingerprint density at radius 1 is 1.24 bits per heavy atom. The molecule has 0 aromatic carbocycles. The molecule has 122 valence electrons. The van der Waals surface area contributed by atoms with Crippen LogP contribution in [0, 0.1) is 5.41 Å². The highest BCUT2D eigenvalue weighted by Gasteiger charge is 2.41. The van der Waals surface area contributed by atoms with E-state index in [0.29, 0.717) is 26.1 Å². The third kappa shape index (κ3) is 4.41. The van der Waals surface area contributed by atoms with Gasteiger partial charge in [0, 0.05) is 19.8 Å². The van der Waals surface area contributed by atoms with Crippen molar-refractivity contribution in [2.45, 2.75) is 38.4 Å². The van der Waals surface area contributed by atoms with Crippen molar-refractivity contribution < 1.29 is 27.9 Å². The van der Waals surface area contributed by atoms with Gasteiger partial charge in [0.15, 0.2) is 9.84 Å². The monoisotopic (exact) mass is 321 g/mol. The number of aliphatic carboxylic acids is 1. The normalized spacial score (nSPS) is 19.0. The Balaban J connectivity index is 2.65. The maximum Gasteiger partial charge on any atom is 0.311 e. The van der Waals surface area contributed by atoms with E-state index in [-0.39, 0.29) is 6.54 Å². The van der Waals surface area contributed by atoms with Gasteiger partial charge in [0.1, 0.15) is 5.75 Å². The van der Waals surface area contributed by atoms with Gasteiger partial charge < -0.3 is 15.2 Å². The summed E-state index contributed by atoms with van der Waals surface area (Å²) in [6.07, 6.45) is 0.600. The van der Waals surface area contributed by atoms with Gasteiger partial charge >= 0.3 is 5.97 Å². The number of carboxylic acids is 1. The second-order valence-electron chi connectivity index (χ2n) is 6.35. The number of sulfone groups is 1. The van der Waals surface area contributed by atoms with Crippen LogP contribution in [0.4, 0.5) is 0 Å². The highest BCUT2D eigenvalue weighted by molar-refractivity contribution is 7.93. The minimum atomic E-state index is -3.57. The molecule has 0 aliphatic carbocycles. The maximum atomic E-state index is 11.9. The topological polar surface area (TPSA) is 110 Å². The average Bonchev–Trinajstić information content (AvgIpc) is 2.35. The molecule has 0 aromatic rings. The molecule has 0 bridgehead atoms. The lowest BCUT2D eigenvalue weighted by Gasteiger charge is -2.33. The quantitative estimate of drug-likeness (QED) is 0.748. The van der Waals surface area contributed by atoms with E-state index in [1.54, 1.807) is 0 Å². The maximum absolute atomic E-state index is 11.9. The third-order valence-electron chi connectivity index (χ3n) is 3.78. The van der Waals surface area contributed by atoms with Gasteiger partial charge in [-0.15, -0.1) is 0 Å². The van der Waals surface area contributed by atoms with Gasteiger partial charge in [-0.25, -0.2) is 8.42 Å². The molecule has 1 aliphatic heterocycles. The number of carboxylic acid groups (broad SMARTS) is 1. The third-order valence-corrected chi connectivity index (χ3v) is 6.29. The van der Waals surface area contributed by atoms with Crippen molar-refractivity contribution in [3.8, 4) is 0 Å². The number of rotatable bonds is 5. The zero-order chi connectivity index (χ0) is 16.3. The first-order chi connectivity index (χ1) is 9.50. The smallest absolute Gasteiger partial charge is 0.311 e. The number of hydrogen-bond donors (Lipinski definition) is 2. The first kappa shape index (κ1) is 17.9. The van der Waals surface area contributed by atoms with Gasteiger partial charge in [-0.05, 0) is 33.6 Å². The van der Waals surface area contributed by atoms with Crippen molar-refractivity contribution in [3.05, 3.63) is 0 Å². The lowest BCUT2D eigenvalue weighted by atomic mass is 9.80. The standard InChI is InChI=1S/C13H23NO6S/c1-12(2,3)21(18,19)8-10(15)14-9-13(11(16)17)4-6-20-7-5-13/h4-9H2,1-3H3,(H,14,15)(H,16,17). The molecule has 21 heavy (non-hydrogen) atoms. The summed E-state index contributed by atoms with van der Waals surface area (Å²) >= 11 is 0. The molecule has 1 rings (SSSR count). The molecular weight excluding hydrogens is 298 g/mol. The van der Waals surface area contributed by atoms with Crippen LogP contribution in [-0.2, 0) is 24.2 Å². The van der Waals surface area contributed by atoms with E-state index >= 15 is 0 Å². The molecule has 0 unspecified atom stereocenters. The summed E-state index contributed by atoms with van der Waals surface area (Å²) in [4.78, 5) is 23.2. The summed E-state index contributed by atoms with van der Waals surface area (Å²) in [5.41, 5.74) is -1.07. The number of hydrogen-bond acceptors (Lipinski definition) is 5. The van der Waals surface area contributed by atoms with Crippen LogP contribution in [0.15, 0.2) is 0 Å². The minimum absolute atomic E-state index is 0.0792. The zero-order valence-corrected chi connectivity index (χ0v) is 13.5. The van der Waals surface area contributed by atoms with Crippen LogP contribution < -0.4 is 5.32 Å². The number of ether oxygens (including phenoxy) is 1. The lowest BCUT2D eigenvalue weighted by Crippen LogP contribution is -2.48. The van der Waals surface area contributed by atoms with E-state index in [0.717, 1.165) is 0 Å². The Labute approximate surface area is 125 Å². The second-order valence-corrected chi connectivity index (χ2v) is 9.09. The van der Waals surface area contributed by atoms with Crippen LogP contribution in [0.3, 0.4) is 0 Å². The zero-order valence-electron chi connectivity index (χ0n) is 12.6. The van der Waals surface area contributed by atoms with Crippen molar-refractivity contribution in [1.29, 1.82) is 0 Å². The van der Waals surface area contributed by atoms with Crippen LogP contribution in [-0.4, -0.2) is 55.7 Å². The largest absolute Gasteiger partial charge is 0.481 e. The fraction of sp³-hybridized carbons (Fsp3) is 0.846. The molecule has 0 saturated carbocycles. The molecule has 1 saturated heterocycles. The number of amides is 1. The molecule has 8 heteroatoms. The van der Waals surface area contributed by atoms with Gasteiger partial charge in [-0.3, -0.25) is 9.59 Å². The fourth-order valence-corrected chi connectivity index (χ4v) is 2.82. The molecule has 0 radical (unpaired) electrons. The van der Waals surface area contributed by atoms with E-state index in [4.69, 9.17) is 4.74 Å². The first-order valence-electron chi connectivity index (χ1n) is 6.80. The summed E-state index contributed by atoms with van der Waals surface area (Å²) in [5.74, 6) is -2.30. The summed E-state index contributed by atoms with van der Waals surface area (Å²) in [6, 6.07) is 0. The summed E-state index contributed by atoms with van der Waals surface area (Å²) in [7, 11) is -3.57. The van der Waals surface area contributed by atoms with E-state index in [9.17, 15) is 23.1 Å². The predicted octanol–water partition coefficient (Wildman–Crippen LogP) is 0.197. The molecule has 1 amide bonds. The Morgan fingerprint density at radius 3 is 2.19 bits per heavy atom. The second kappa shape index (κ2) is 6.31. The van der Waals surface area contributed by atoms with E-state index < -0.39 is 37.6 Å². The van der Waals surface area contributed by atoms with Crippen LogP contribution in [0.1, 0.15) is 33.6 Å². The highest BCUT2D eigenvalue weighted by Crippen LogP contribution is 2.30. The molecule has 0 atom stereocenters. The van der Waals surface area contributed by atoms with Crippen molar-refractivity contribution in [1.82, 2.24) is 5.32 Å². The Bertz CT molecular complexity index is 499. The lowest BCUT2D eigenvalue weighted by molar-refractivity contribution is -0.154. The summed E-state index contributed by atoms with van der Waals surface area (Å²) in [5, 5.41) is 11.8. The molecule has 1 aliphatic rings. The highest BCUT2D eigenvalue weighted by atomic mass is 32.2. The van der Waals surface area contributed by atoms with Crippen LogP contribution in [0.25, 0.3) is 0 Å². The summed E-state index contributed by atoms with van der Waals surface area (Å²) in [6.45, 7) is 5.13. The van der Waals surface area contributed by atoms with Crippen LogP contribution in [0.2, 0.25) is 0 Å². The Morgan fingerprint density at radius 2 is 1.76 bits per heavy atom. The molecule has 7 nitrogen and oxygen atoms in total. The molecule has 0 aromatic heterocycles. The fourth-order valence-electron chi connectivity index (χ4n) is 1.94. The summed E-state index contributed by atoms with van der Waals surface area (Å²) < 4.78 is 28.0. The van der Waals surface area contributed by atoms with Crippen molar-refractivity contribution in [3.63, 3.8) is 0 Å². The molecular formula is C13H23NO6S. The van der Waals surface area contributed by atoms with E-state index in [1.165, 1.54) is 20.8 Å². The Hall–Kier alpha value is -1.15. The molecule has 1 fully saturated rings. The van der Waals surface area contributed by atoms with Crippen molar-refractivity contribution >= 4 is 21.7 Å². The van der Waals surface area contributed by atoms with E-state index in [2.05, 4.69) is 5.32 Å². The van der Waals surface area contributed by atoms with Gasteiger partial charge in [-0.2, -0.15) is 0 Å². The molecule has 0 spiro atoms. The average molecular weight is 321 g/mol. The SMILES string of the molecule is CC(C)(C)S(=O)(=O)CC(=O)NCC1(C(=O)O)CCOCC1. The Kier molecular flexibility index (Phi) is 5.38. The number of nitrogens with one attached hydrogen (secondary N) is 1. The number of carbonyl (C=O) groups excluding carboxylic acids is 1. The minimum Gasteiger partial charge on any atom is -0.481 e. The van der Waals surface area contributed by atoms with Gasteiger partial charge in [-0.1, -0.05) is 0 Å². The predicted molar refractivity (Wildman–Crippen MR) is 76.7 cm³/mol. The van der Waals surface area contributed by atoms with Crippen LogP contribution >= 0.6 is 0 Å². The van der Waals surface area contributed by atoms with Gasteiger partial charge in [0.2, 0.25) is 5.91 Å². The first-order valence-corrected chi connectivity index (χ1v) is 8.46. The van der Waals surface area contributed by atoms with Gasteiger partial charge in [0.05, 0.1) is 10.2 Å². The van der Waals surface area contributed by atoms with Crippen LogP contribution in [0.5, 0.6) is 0 Å². The van der Waals surface area contributed by atoms with Gasteiger partial charge in [0.25, 0.3) is 0 Å². The van der Waals surface area contributed by atoms with Crippen molar-refractivity contribution in [2.24, 2.45) is 5.41 Å². The number of carbonyl (C=O) groups is 2. The molecule has 1 heterocycles. The molecule has 2 N–H and O–H groups in total. The van der Waals surface area contributed by atoms with Crippen molar-refractivity contribution in [2.75, 3.05) is 25.5 Å².